The molecular formula is C11H13NS. The maximum Gasteiger partial charge on any atom is 0.0788 e. The fraction of sp³-hybridized carbons (Fsp3) is 0.364. The van der Waals surface area contributed by atoms with Gasteiger partial charge in [-0.15, -0.1) is 0 Å². The van der Waals surface area contributed by atoms with E-state index >= 15 is 0 Å². The highest BCUT2D eigenvalue weighted by Gasteiger charge is 2.40. The molecule has 1 N–H and O–H groups in total. The van der Waals surface area contributed by atoms with Gasteiger partial charge in [0.2, 0.25) is 0 Å². The van der Waals surface area contributed by atoms with Gasteiger partial charge in [-0.25, -0.2) is 0 Å². The molecule has 0 unspecified atom stereocenters. The number of nitrogens with one attached hydrogen (secondary N) is 1. The standard InChI is InChI=1S/C11H13NS/c1-12-11(13)10-7-9(10)8-5-3-2-4-6-8/h2-6,9-10H,7H2,1H3,(H,12,13)/t9-,10+/m0/s1. The van der Waals surface area contributed by atoms with E-state index in [9.17, 15) is 0 Å². The predicted molar refractivity (Wildman–Crippen MR) is 58.9 cm³/mol. The summed E-state index contributed by atoms with van der Waals surface area (Å²) in [6.07, 6.45) is 1.21. The van der Waals surface area contributed by atoms with Crippen molar-refractivity contribution in [3.63, 3.8) is 0 Å². The van der Waals surface area contributed by atoms with E-state index < -0.39 is 0 Å². The summed E-state index contributed by atoms with van der Waals surface area (Å²) in [5.41, 5.74) is 1.42. The first-order chi connectivity index (χ1) is 6.33. The fourth-order valence-corrected chi connectivity index (χ4v) is 2.00. The monoisotopic (exact) mass is 191 g/mol. The van der Waals surface area contributed by atoms with Crippen molar-refractivity contribution in [2.24, 2.45) is 5.92 Å². The smallest absolute Gasteiger partial charge is 0.0788 e. The van der Waals surface area contributed by atoms with Crippen molar-refractivity contribution in [3.05, 3.63) is 35.9 Å². The third kappa shape index (κ3) is 1.73. The van der Waals surface area contributed by atoms with Crippen LogP contribution in [0.15, 0.2) is 30.3 Å². The number of benzene rings is 1. The van der Waals surface area contributed by atoms with Gasteiger partial charge in [-0.1, -0.05) is 42.5 Å². The summed E-state index contributed by atoms with van der Waals surface area (Å²) in [5, 5.41) is 3.06. The second-order valence-electron chi connectivity index (χ2n) is 3.47. The first-order valence-corrected chi connectivity index (χ1v) is 5.00. The topological polar surface area (TPSA) is 12.0 Å². The molecule has 0 aromatic heterocycles. The van der Waals surface area contributed by atoms with Crippen LogP contribution in [0.25, 0.3) is 0 Å². The molecule has 2 rings (SSSR count). The lowest BCUT2D eigenvalue weighted by atomic mass is 10.1. The van der Waals surface area contributed by atoms with E-state index in [-0.39, 0.29) is 0 Å². The fourth-order valence-electron chi connectivity index (χ4n) is 1.74. The van der Waals surface area contributed by atoms with Crippen molar-refractivity contribution >= 4 is 17.2 Å². The van der Waals surface area contributed by atoms with Crippen molar-refractivity contribution in [1.29, 1.82) is 0 Å². The molecule has 0 saturated heterocycles. The van der Waals surface area contributed by atoms with Gasteiger partial charge in [0.1, 0.15) is 0 Å². The highest BCUT2D eigenvalue weighted by atomic mass is 32.1. The lowest BCUT2D eigenvalue weighted by Gasteiger charge is -2.01. The third-order valence-electron chi connectivity index (χ3n) is 2.60. The average Bonchev–Trinajstić information content (AvgIpc) is 2.98. The van der Waals surface area contributed by atoms with Gasteiger partial charge in [0.25, 0.3) is 0 Å². The Kier molecular flexibility index (Phi) is 2.32. The molecular weight excluding hydrogens is 178 g/mol. The van der Waals surface area contributed by atoms with Crippen LogP contribution >= 0.6 is 12.2 Å². The van der Waals surface area contributed by atoms with Crippen LogP contribution in [0, 0.1) is 5.92 Å². The van der Waals surface area contributed by atoms with Crippen molar-refractivity contribution in [2.75, 3.05) is 7.05 Å². The zero-order chi connectivity index (χ0) is 9.26. The molecule has 1 aliphatic carbocycles. The van der Waals surface area contributed by atoms with Crippen LogP contribution in [0.3, 0.4) is 0 Å². The molecule has 1 saturated carbocycles. The summed E-state index contributed by atoms with van der Waals surface area (Å²) in [6.45, 7) is 0. The maximum absolute atomic E-state index is 5.21. The largest absolute Gasteiger partial charge is 0.382 e. The Balaban J connectivity index is 2.04. The molecule has 1 fully saturated rings. The van der Waals surface area contributed by atoms with Crippen molar-refractivity contribution < 1.29 is 0 Å². The summed E-state index contributed by atoms with van der Waals surface area (Å²) >= 11 is 5.21. The molecule has 0 amide bonds. The summed E-state index contributed by atoms with van der Waals surface area (Å²) in [5.74, 6) is 1.25. The van der Waals surface area contributed by atoms with E-state index in [0.717, 1.165) is 4.99 Å². The Morgan fingerprint density at radius 2 is 2.08 bits per heavy atom. The highest BCUT2D eigenvalue weighted by Crippen LogP contribution is 2.47. The molecule has 13 heavy (non-hydrogen) atoms. The van der Waals surface area contributed by atoms with Crippen LogP contribution in [0.2, 0.25) is 0 Å². The van der Waals surface area contributed by atoms with Crippen molar-refractivity contribution in [1.82, 2.24) is 5.32 Å². The third-order valence-corrected chi connectivity index (χ3v) is 3.11. The molecule has 1 aliphatic rings. The molecule has 2 heteroatoms. The maximum atomic E-state index is 5.21. The molecule has 1 nitrogen and oxygen atoms in total. The van der Waals surface area contributed by atoms with Crippen LogP contribution < -0.4 is 5.32 Å². The second kappa shape index (κ2) is 3.46. The van der Waals surface area contributed by atoms with E-state index in [4.69, 9.17) is 12.2 Å². The number of hydrogen-bond acceptors (Lipinski definition) is 1. The highest BCUT2D eigenvalue weighted by molar-refractivity contribution is 7.80. The van der Waals surface area contributed by atoms with Crippen LogP contribution in [0.4, 0.5) is 0 Å². The Morgan fingerprint density at radius 1 is 1.38 bits per heavy atom. The van der Waals surface area contributed by atoms with Gasteiger partial charge in [-0.05, 0) is 17.9 Å². The van der Waals surface area contributed by atoms with Gasteiger partial charge in [0.05, 0.1) is 4.99 Å². The number of rotatable bonds is 2. The van der Waals surface area contributed by atoms with E-state index in [1.165, 1.54) is 12.0 Å². The lowest BCUT2D eigenvalue weighted by Crippen LogP contribution is -2.17. The summed E-state index contributed by atoms with van der Waals surface area (Å²) < 4.78 is 0. The molecule has 0 aliphatic heterocycles. The van der Waals surface area contributed by atoms with Crippen LogP contribution in [0.1, 0.15) is 17.9 Å². The number of thiocarbonyl (C=S) groups is 1. The summed E-state index contributed by atoms with van der Waals surface area (Å²) in [7, 11) is 1.91. The zero-order valence-electron chi connectivity index (χ0n) is 7.66. The minimum absolute atomic E-state index is 0.586. The van der Waals surface area contributed by atoms with Gasteiger partial charge in [-0.2, -0.15) is 0 Å². The lowest BCUT2D eigenvalue weighted by molar-refractivity contribution is 1.01. The molecule has 0 spiro atoms. The summed E-state index contributed by atoms with van der Waals surface area (Å²) in [6, 6.07) is 10.6. The zero-order valence-corrected chi connectivity index (χ0v) is 8.47. The van der Waals surface area contributed by atoms with Crippen LogP contribution in [-0.2, 0) is 0 Å². The summed E-state index contributed by atoms with van der Waals surface area (Å²) in [4.78, 5) is 1.01. The second-order valence-corrected chi connectivity index (χ2v) is 3.91. The molecule has 0 heterocycles. The van der Waals surface area contributed by atoms with Crippen LogP contribution in [0.5, 0.6) is 0 Å². The quantitative estimate of drug-likeness (QED) is 0.720. The van der Waals surface area contributed by atoms with Crippen molar-refractivity contribution in [3.8, 4) is 0 Å². The Labute approximate surface area is 84.2 Å². The van der Waals surface area contributed by atoms with E-state index in [2.05, 4.69) is 35.6 Å². The molecule has 1 aromatic carbocycles. The molecule has 1 aromatic rings. The molecule has 0 bridgehead atoms. The average molecular weight is 191 g/mol. The predicted octanol–water partition coefficient (Wildman–Crippen LogP) is 2.34. The molecule has 0 radical (unpaired) electrons. The van der Waals surface area contributed by atoms with Gasteiger partial charge in [-0.3, -0.25) is 0 Å². The van der Waals surface area contributed by atoms with Gasteiger partial charge in [0.15, 0.2) is 0 Å². The van der Waals surface area contributed by atoms with E-state index in [0.29, 0.717) is 11.8 Å². The van der Waals surface area contributed by atoms with Gasteiger partial charge in [0, 0.05) is 13.0 Å². The SMILES string of the molecule is CNC(=S)[C@@H]1C[C@H]1c1ccccc1. The van der Waals surface area contributed by atoms with Crippen LogP contribution in [-0.4, -0.2) is 12.0 Å². The van der Waals surface area contributed by atoms with E-state index in [1.54, 1.807) is 0 Å². The molecule has 2 atom stereocenters. The Hall–Kier alpha value is -0.890. The normalized spacial score (nSPS) is 25.3. The molecule has 68 valence electrons. The Bertz CT molecular complexity index is 307. The minimum Gasteiger partial charge on any atom is -0.382 e. The first kappa shape index (κ1) is 8.70. The van der Waals surface area contributed by atoms with E-state index in [1.807, 2.05) is 7.05 Å². The Morgan fingerprint density at radius 3 is 2.69 bits per heavy atom. The van der Waals surface area contributed by atoms with Gasteiger partial charge < -0.3 is 5.32 Å². The minimum atomic E-state index is 0.586. The number of hydrogen-bond donors (Lipinski definition) is 1. The van der Waals surface area contributed by atoms with Gasteiger partial charge >= 0.3 is 0 Å². The van der Waals surface area contributed by atoms with Crippen molar-refractivity contribution in [2.45, 2.75) is 12.3 Å². The first-order valence-electron chi connectivity index (χ1n) is 4.59.